The molecule has 0 bridgehead atoms. The molecule has 0 saturated heterocycles. The minimum absolute atomic E-state index is 0.396. The summed E-state index contributed by atoms with van der Waals surface area (Å²) in [6, 6.07) is 8.42. The Morgan fingerprint density at radius 2 is 2.07 bits per heavy atom. The highest BCUT2D eigenvalue weighted by atomic mass is 16.5. The molecular formula is C11H9N3O. The molecule has 3 aromatic rings. The van der Waals surface area contributed by atoms with Gasteiger partial charge < -0.3 is 9.72 Å². The fourth-order valence-electron chi connectivity index (χ4n) is 1.70. The van der Waals surface area contributed by atoms with Crippen molar-refractivity contribution in [1.29, 1.82) is 0 Å². The minimum Gasteiger partial charge on any atom is -0.467 e. The third-order valence-corrected chi connectivity index (χ3v) is 2.40. The summed E-state index contributed by atoms with van der Waals surface area (Å²) in [7, 11) is 1.57. The maximum atomic E-state index is 5.00. The van der Waals surface area contributed by atoms with Crippen molar-refractivity contribution in [3.63, 3.8) is 0 Å². The number of aromatic amines is 1. The van der Waals surface area contributed by atoms with Crippen molar-refractivity contribution in [2.24, 2.45) is 0 Å². The molecule has 0 radical (unpaired) electrons. The lowest BCUT2D eigenvalue weighted by molar-refractivity contribution is 0.382. The van der Waals surface area contributed by atoms with Crippen LogP contribution in [-0.4, -0.2) is 22.1 Å². The van der Waals surface area contributed by atoms with Crippen LogP contribution in [0.1, 0.15) is 0 Å². The van der Waals surface area contributed by atoms with Gasteiger partial charge in [0.25, 0.3) is 0 Å². The van der Waals surface area contributed by atoms with E-state index >= 15 is 0 Å². The Morgan fingerprint density at radius 3 is 2.93 bits per heavy atom. The number of nitrogens with zero attached hydrogens (tertiary/aromatic N) is 2. The van der Waals surface area contributed by atoms with Crippen LogP contribution in [0.15, 0.2) is 30.5 Å². The van der Waals surface area contributed by atoms with Gasteiger partial charge in [-0.3, -0.25) is 0 Å². The molecule has 15 heavy (non-hydrogen) atoms. The Bertz CT molecular complexity index is 630. The Labute approximate surface area is 85.9 Å². The average molecular weight is 199 g/mol. The number of methoxy groups -OCH3 is 1. The fraction of sp³-hybridized carbons (Fsp3) is 0.0909. The summed E-state index contributed by atoms with van der Waals surface area (Å²) in [5.41, 5.74) is 2.89. The Morgan fingerprint density at radius 1 is 1.20 bits per heavy atom. The normalized spacial score (nSPS) is 11.0. The molecule has 3 rings (SSSR count). The second-order valence-electron chi connectivity index (χ2n) is 3.29. The molecule has 2 aromatic heterocycles. The lowest BCUT2D eigenvalue weighted by Crippen LogP contribution is -1.90. The highest BCUT2D eigenvalue weighted by molar-refractivity contribution is 6.04. The highest BCUT2D eigenvalue weighted by Crippen LogP contribution is 2.23. The van der Waals surface area contributed by atoms with E-state index in [1.165, 1.54) is 0 Å². The molecular weight excluding hydrogens is 190 g/mol. The molecule has 4 heteroatoms. The van der Waals surface area contributed by atoms with Crippen LogP contribution in [-0.2, 0) is 0 Å². The lowest BCUT2D eigenvalue weighted by Gasteiger charge is -1.95. The Balaban J connectivity index is 2.46. The monoisotopic (exact) mass is 199 g/mol. The van der Waals surface area contributed by atoms with Gasteiger partial charge in [0, 0.05) is 10.9 Å². The van der Waals surface area contributed by atoms with Crippen LogP contribution in [0.25, 0.3) is 21.9 Å². The predicted molar refractivity (Wildman–Crippen MR) is 57.9 cm³/mol. The van der Waals surface area contributed by atoms with E-state index < -0.39 is 0 Å². The molecule has 0 fully saturated rings. The molecule has 1 aromatic carbocycles. The van der Waals surface area contributed by atoms with Gasteiger partial charge in [0.2, 0.25) is 0 Å². The third-order valence-electron chi connectivity index (χ3n) is 2.40. The van der Waals surface area contributed by atoms with Crippen LogP contribution >= 0.6 is 0 Å². The van der Waals surface area contributed by atoms with Crippen molar-refractivity contribution in [3.05, 3.63) is 30.5 Å². The number of para-hydroxylation sites is 1. The summed E-state index contributed by atoms with van der Waals surface area (Å²) in [5.74, 6) is 0. The van der Waals surface area contributed by atoms with Gasteiger partial charge in [0.05, 0.1) is 18.8 Å². The summed E-state index contributed by atoms with van der Waals surface area (Å²) < 4.78 is 5.00. The van der Waals surface area contributed by atoms with Crippen LogP contribution in [0, 0.1) is 0 Å². The van der Waals surface area contributed by atoms with Crippen molar-refractivity contribution >= 4 is 21.9 Å². The van der Waals surface area contributed by atoms with Crippen LogP contribution in [0.3, 0.4) is 0 Å². The quantitative estimate of drug-likeness (QED) is 0.653. The topological polar surface area (TPSA) is 50.8 Å². The van der Waals surface area contributed by atoms with Gasteiger partial charge in [0.1, 0.15) is 5.52 Å². The standard InChI is InChI=1S/C11H9N3O/c1-15-11-12-6-9-10(14-11)7-4-2-3-5-8(7)13-9/h2-6,13H,1H3. The SMILES string of the molecule is COc1ncc2[nH]c3ccccc3c2n1. The van der Waals surface area contributed by atoms with E-state index in [-0.39, 0.29) is 0 Å². The molecule has 4 nitrogen and oxygen atoms in total. The van der Waals surface area contributed by atoms with Crippen molar-refractivity contribution in [1.82, 2.24) is 15.0 Å². The van der Waals surface area contributed by atoms with Gasteiger partial charge >= 0.3 is 6.01 Å². The van der Waals surface area contributed by atoms with Crippen molar-refractivity contribution in [2.75, 3.05) is 7.11 Å². The second-order valence-corrected chi connectivity index (χ2v) is 3.29. The number of hydrogen-bond acceptors (Lipinski definition) is 3. The maximum absolute atomic E-state index is 5.00. The molecule has 0 aliphatic rings. The zero-order chi connectivity index (χ0) is 10.3. The number of ether oxygens (including phenoxy) is 1. The van der Waals surface area contributed by atoms with Crippen LogP contribution in [0.5, 0.6) is 6.01 Å². The molecule has 0 spiro atoms. The molecule has 0 unspecified atom stereocenters. The molecule has 1 N–H and O–H groups in total. The maximum Gasteiger partial charge on any atom is 0.316 e. The van der Waals surface area contributed by atoms with E-state index in [2.05, 4.69) is 15.0 Å². The van der Waals surface area contributed by atoms with Gasteiger partial charge in [0.15, 0.2) is 0 Å². The zero-order valence-corrected chi connectivity index (χ0v) is 8.19. The summed E-state index contributed by atoms with van der Waals surface area (Å²) in [6.07, 6.45) is 1.74. The minimum atomic E-state index is 0.396. The largest absolute Gasteiger partial charge is 0.467 e. The smallest absolute Gasteiger partial charge is 0.316 e. The highest BCUT2D eigenvalue weighted by Gasteiger charge is 2.06. The molecule has 0 amide bonds. The number of nitrogens with one attached hydrogen (secondary N) is 1. The molecule has 2 heterocycles. The van der Waals surface area contributed by atoms with Crippen LogP contribution in [0.4, 0.5) is 0 Å². The summed E-state index contributed by atoms with van der Waals surface area (Å²) in [4.78, 5) is 11.6. The number of fused-ring (bicyclic) bond motifs is 3. The van der Waals surface area contributed by atoms with Crippen molar-refractivity contribution < 1.29 is 4.74 Å². The van der Waals surface area contributed by atoms with E-state index in [1.807, 2.05) is 24.3 Å². The van der Waals surface area contributed by atoms with Gasteiger partial charge in [-0.1, -0.05) is 18.2 Å². The van der Waals surface area contributed by atoms with Crippen molar-refractivity contribution in [2.45, 2.75) is 0 Å². The first-order valence-electron chi connectivity index (χ1n) is 4.66. The predicted octanol–water partition coefficient (Wildman–Crippen LogP) is 2.12. The number of benzene rings is 1. The summed E-state index contributed by atoms with van der Waals surface area (Å²) in [5, 5.41) is 1.09. The first-order valence-corrected chi connectivity index (χ1v) is 4.66. The van der Waals surface area contributed by atoms with E-state index in [0.717, 1.165) is 21.9 Å². The molecule has 0 saturated carbocycles. The number of rotatable bonds is 1. The second kappa shape index (κ2) is 2.95. The van der Waals surface area contributed by atoms with E-state index in [9.17, 15) is 0 Å². The first-order chi connectivity index (χ1) is 7.38. The Hall–Kier alpha value is -2.10. The first kappa shape index (κ1) is 8.23. The summed E-state index contributed by atoms with van der Waals surface area (Å²) in [6.45, 7) is 0. The number of H-pyrrole nitrogens is 1. The van der Waals surface area contributed by atoms with Gasteiger partial charge in [-0.15, -0.1) is 0 Å². The molecule has 0 aliphatic heterocycles. The van der Waals surface area contributed by atoms with E-state index in [4.69, 9.17) is 4.74 Å². The van der Waals surface area contributed by atoms with Gasteiger partial charge in [-0.25, -0.2) is 4.98 Å². The van der Waals surface area contributed by atoms with Gasteiger partial charge in [-0.2, -0.15) is 4.98 Å². The third kappa shape index (κ3) is 1.15. The van der Waals surface area contributed by atoms with Crippen molar-refractivity contribution in [3.8, 4) is 6.01 Å². The van der Waals surface area contributed by atoms with E-state index in [1.54, 1.807) is 13.3 Å². The van der Waals surface area contributed by atoms with E-state index in [0.29, 0.717) is 6.01 Å². The lowest BCUT2D eigenvalue weighted by atomic mass is 10.2. The molecule has 0 aliphatic carbocycles. The molecule has 0 atom stereocenters. The fourth-order valence-corrected chi connectivity index (χ4v) is 1.70. The van der Waals surface area contributed by atoms with Gasteiger partial charge in [-0.05, 0) is 6.07 Å². The zero-order valence-electron chi connectivity index (χ0n) is 8.19. The number of aromatic nitrogens is 3. The van der Waals surface area contributed by atoms with Crippen LogP contribution < -0.4 is 4.74 Å². The Kier molecular flexibility index (Phi) is 1.62. The average Bonchev–Trinajstić information content (AvgIpc) is 2.66. The van der Waals surface area contributed by atoms with Crippen LogP contribution in [0.2, 0.25) is 0 Å². The molecule has 74 valence electrons. The summed E-state index contributed by atoms with van der Waals surface area (Å²) >= 11 is 0. The number of hydrogen-bond donors (Lipinski definition) is 1.